The third-order valence-corrected chi connectivity index (χ3v) is 5.20. The van der Waals surface area contributed by atoms with E-state index in [9.17, 15) is 9.59 Å². The highest BCUT2D eigenvalue weighted by Gasteiger charge is 2.31. The summed E-state index contributed by atoms with van der Waals surface area (Å²) in [6.45, 7) is 3.34. The van der Waals surface area contributed by atoms with Crippen molar-refractivity contribution in [2.45, 2.75) is 32.4 Å². The number of imidazole rings is 1. The minimum Gasteiger partial charge on any atom is -0.340 e. The number of hydrogen-bond donors (Lipinski definition) is 1. The Labute approximate surface area is 170 Å². The van der Waals surface area contributed by atoms with Crippen LogP contribution in [0.2, 0.25) is 0 Å². The molecule has 1 N–H and O–H groups in total. The molecule has 2 aromatic carbocycles. The summed E-state index contributed by atoms with van der Waals surface area (Å²) in [4.78, 5) is 31.6. The van der Waals surface area contributed by atoms with Crippen LogP contribution in [0.15, 0.2) is 67.3 Å². The molecule has 1 atom stereocenters. The van der Waals surface area contributed by atoms with E-state index in [4.69, 9.17) is 0 Å². The molecule has 4 rings (SSSR count). The van der Waals surface area contributed by atoms with E-state index < -0.39 is 6.04 Å². The molecule has 6 heteroatoms. The standard InChI is InChI=1S/C23H24N4O2/c1-17-7-9-20(10-8-17)27-12-3-6-21(23(27)29)25-22(28)19-5-2-4-18(14-19)15-26-13-11-24-16-26/h2,4-5,7-11,13-14,16,21H,3,6,12,15H2,1H3,(H,25,28)/t21-/m1/s1. The summed E-state index contributed by atoms with van der Waals surface area (Å²) >= 11 is 0. The van der Waals surface area contributed by atoms with Crippen molar-refractivity contribution in [3.63, 3.8) is 0 Å². The maximum atomic E-state index is 13.0. The van der Waals surface area contributed by atoms with Crippen LogP contribution in [-0.2, 0) is 11.3 Å². The SMILES string of the molecule is Cc1ccc(N2CCC[C@@H](NC(=O)c3cccc(Cn4ccnc4)c3)C2=O)cc1. The van der Waals surface area contributed by atoms with Crippen LogP contribution in [0.3, 0.4) is 0 Å². The number of carbonyl (C=O) groups excluding carboxylic acids is 2. The summed E-state index contributed by atoms with van der Waals surface area (Å²) in [6, 6.07) is 14.9. The van der Waals surface area contributed by atoms with Gasteiger partial charge in [-0.1, -0.05) is 29.8 Å². The molecule has 1 fully saturated rings. The predicted octanol–water partition coefficient (Wildman–Crippen LogP) is 3.17. The second-order valence-electron chi connectivity index (χ2n) is 7.43. The number of amides is 2. The smallest absolute Gasteiger partial charge is 0.251 e. The van der Waals surface area contributed by atoms with Gasteiger partial charge in [0.05, 0.1) is 6.33 Å². The van der Waals surface area contributed by atoms with Gasteiger partial charge in [0, 0.05) is 36.7 Å². The Balaban J connectivity index is 1.45. The Morgan fingerprint density at radius 2 is 2.03 bits per heavy atom. The van der Waals surface area contributed by atoms with Gasteiger partial charge in [-0.3, -0.25) is 9.59 Å². The fraction of sp³-hybridized carbons (Fsp3) is 0.261. The van der Waals surface area contributed by atoms with Crippen LogP contribution in [0, 0.1) is 6.92 Å². The van der Waals surface area contributed by atoms with Crippen LogP contribution < -0.4 is 10.2 Å². The van der Waals surface area contributed by atoms with E-state index >= 15 is 0 Å². The zero-order valence-corrected chi connectivity index (χ0v) is 16.4. The third kappa shape index (κ3) is 4.37. The minimum atomic E-state index is -0.505. The molecule has 0 saturated carbocycles. The number of aromatic nitrogens is 2. The molecule has 0 spiro atoms. The Morgan fingerprint density at radius 1 is 1.21 bits per heavy atom. The molecule has 0 radical (unpaired) electrons. The van der Waals surface area contributed by atoms with E-state index in [0.29, 0.717) is 25.1 Å². The third-order valence-electron chi connectivity index (χ3n) is 5.20. The highest BCUT2D eigenvalue weighted by molar-refractivity contribution is 6.02. The second-order valence-corrected chi connectivity index (χ2v) is 7.43. The number of nitrogens with one attached hydrogen (secondary N) is 1. The highest BCUT2D eigenvalue weighted by atomic mass is 16.2. The molecular formula is C23H24N4O2. The van der Waals surface area contributed by atoms with Gasteiger partial charge in [0.25, 0.3) is 5.91 Å². The molecule has 1 aliphatic rings. The first-order valence-electron chi connectivity index (χ1n) is 9.84. The summed E-state index contributed by atoms with van der Waals surface area (Å²) in [5, 5.41) is 2.93. The number of nitrogens with zero attached hydrogens (tertiary/aromatic N) is 3. The van der Waals surface area contributed by atoms with E-state index in [1.807, 2.05) is 60.2 Å². The van der Waals surface area contributed by atoms with Gasteiger partial charge in [0.15, 0.2) is 0 Å². The Bertz CT molecular complexity index is 996. The van der Waals surface area contributed by atoms with Gasteiger partial charge in [0.2, 0.25) is 5.91 Å². The van der Waals surface area contributed by atoms with Gasteiger partial charge in [0.1, 0.15) is 6.04 Å². The number of piperidine rings is 1. The molecule has 1 aliphatic heterocycles. The van der Waals surface area contributed by atoms with E-state index in [1.165, 1.54) is 0 Å². The van der Waals surface area contributed by atoms with Gasteiger partial charge in [-0.25, -0.2) is 4.98 Å². The lowest BCUT2D eigenvalue weighted by molar-refractivity contribution is -0.121. The lowest BCUT2D eigenvalue weighted by Gasteiger charge is -2.32. The monoisotopic (exact) mass is 388 g/mol. The van der Waals surface area contributed by atoms with Crippen molar-refractivity contribution in [2.24, 2.45) is 0 Å². The van der Waals surface area contributed by atoms with E-state index in [1.54, 1.807) is 23.5 Å². The van der Waals surface area contributed by atoms with Gasteiger partial charge >= 0.3 is 0 Å². The van der Waals surface area contributed by atoms with Crippen molar-refractivity contribution in [1.82, 2.24) is 14.9 Å². The topological polar surface area (TPSA) is 67.2 Å². The lowest BCUT2D eigenvalue weighted by Crippen LogP contribution is -2.52. The van der Waals surface area contributed by atoms with E-state index in [2.05, 4.69) is 10.3 Å². The molecule has 0 aliphatic carbocycles. The van der Waals surface area contributed by atoms with Crippen LogP contribution in [0.4, 0.5) is 5.69 Å². The first-order chi connectivity index (χ1) is 14.1. The fourth-order valence-electron chi connectivity index (χ4n) is 3.63. The van der Waals surface area contributed by atoms with Crippen molar-refractivity contribution in [2.75, 3.05) is 11.4 Å². The molecule has 2 heterocycles. The number of hydrogen-bond acceptors (Lipinski definition) is 3. The first-order valence-corrected chi connectivity index (χ1v) is 9.84. The van der Waals surface area contributed by atoms with Crippen molar-refractivity contribution >= 4 is 17.5 Å². The van der Waals surface area contributed by atoms with E-state index in [0.717, 1.165) is 23.2 Å². The highest BCUT2D eigenvalue weighted by Crippen LogP contribution is 2.22. The number of benzene rings is 2. The zero-order valence-electron chi connectivity index (χ0n) is 16.4. The molecule has 1 saturated heterocycles. The largest absolute Gasteiger partial charge is 0.340 e. The molecule has 0 unspecified atom stereocenters. The average Bonchev–Trinajstić information content (AvgIpc) is 3.23. The minimum absolute atomic E-state index is 0.0528. The number of rotatable bonds is 5. The quantitative estimate of drug-likeness (QED) is 0.730. The Morgan fingerprint density at radius 3 is 2.79 bits per heavy atom. The summed E-state index contributed by atoms with van der Waals surface area (Å²) in [5.74, 6) is -0.274. The number of aryl methyl sites for hydroxylation is 1. The van der Waals surface area contributed by atoms with Crippen LogP contribution in [0.5, 0.6) is 0 Å². The average molecular weight is 388 g/mol. The van der Waals surface area contributed by atoms with E-state index in [-0.39, 0.29) is 11.8 Å². The molecule has 3 aromatic rings. The molecule has 2 amide bonds. The lowest BCUT2D eigenvalue weighted by atomic mass is 10.0. The van der Waals surface area contributed by atoms with Crippen molar-refractivity contribution in [1.29, 1.82) is 0 Å². The second kappa shape index (κ2) is 8.31. The van der Waals surface area contributed by atoms with Gasteiger partial charge in [-0.05, 0) is 49.6 Å². The Hall–Kier alpha value is -3.41. The van der Waals surface area contributed by atoms with Crippen LogP contribution >= 0.6 is 0 Å². The Kier molecular flexibility index (Phi) is 5.42. The van der Waals surface area contributed by atoms with Crippen molar-refractivity contribution < 1.29 is 9.59 Å². The maximum Gasteiger partial charge on any atom is 0.251 e. The first kappa shape index (κ1) is 18.9. The predicted molar refractivity (Wildman–Crippen MR) is 112 cm³/mol. The fourth-order valence-corrected chi connectivity index (χ4v) is 3.63. The number of carbonyl (C=O) groups is 2. The van der Waals surface area contributed by atoms with Crippen LogP contribution in [0.25, 0.3) is 0 Å². The molecule has 148 valence electrons. The summed E-state index contributed by atoms with van der Waals surface area (Å²) in [7, 11) is 0. The maximum absolute atomic E-state index is 13.0. The van der Waals surface area contributed by atoms with Crippen LogP contribution in [0.1, 0.15) is 34.3 Å². The van der Waals surface area contributed by atoms with Crippen LogP contribution in [-0.4, -0.2) is 34.0 Å². The molecule has 29 heavy (non-hydrogen) atoms. The van der Waals surface area contributed by atoms with Gasteiger partial charge in [-0.15, -0.1) is 0 Å². The number of anilines is 1. The molecule has 1 aromatic heterocycles. The summed E-state index contributed by atoms with van der Waals surface area (Å²) < 4.78 is 1.95. The normalized spacial score (nSPS) is 16.7. The molecular weight excluding hydrogens is 364 g/mol. The zero-order chi connectivity index (χ0) is 20.2. The summed E-state index contributed by atoms with van der Waals surface area (Å²) in [6.07, 6.45) is 6.86. The van der Waals surface area contributed by atoms with Crippen molar-refractivity contribution in [3.8, 4) is 0 Å². The van der Waals surface area contributed by atoms with Gasteiger partial charge < -0.3 is 14.8 Å². The molecule has 6 nitrogen and oxygen atoms in total. The van der Waals surface area contributed by atoms with Gasteiger partial charge in [-0.2, -0.15) is 0 Å². The van der Waals surface area contributed by atoms with Crippen molar-refractivity contribution in [3.05, 3.63) is 83.9 Å². The molecule has 0 bridgehead atoms. The summed E-state index contributed by atoms with van der Waals surface area (Å²) in [5.41, 5.74) is 3.59.